The second-order valence-corrected chi connectivity index (χ2v) is 6.72. The van der Waals surface area contributed by atoms with E-state index in [0.717, 1.165) is 16.2 Å². The molecule has 0 aromatic heterocycles. The number of hydrogen-bond donors (Lipinski definition) is 0. The van der Waals surface area contributed by atoms with Crippen molar-refractivity contribution in [2.45, 2.75) is 13.1 Å². The quantitative estimate of drug-likeness (QED) is 0.417. The summed E-state index contributed by atoms with van der Waals surface area (Å²) in [7, 11) is 3.42. The molecular weight excluding hydrogens is 381 g/mol. The number of thioether (sulfide) groups is 1. The minimum Gasteiger partial charge on any atom is -0.497 e. The average Bonchev–Trinajstić information content (AvgIpc) is 2.71. The van der Waals surface area contributed by atoms with Crippen molar-refractivity contribution in [3.8, 4) is 5.75 Å². The first kappa shape index (κ1) is 21.4. The number of benzene rings is 2. The third-order valence-corrected chi connectivity index (χ3v) is 4.69. The average molecular weight is 403 g/mol. The molecule has 0 aliphatic heterocycles. The summed E-state index contributed by atoms with van der Waals surface area (Å²) in [5, 5.41) is 0.478. The number of rotatable bonds is 6. The van der Waals surface area contributed by atoms with Crippen LogP contribution in [-0.4, -0.2) is 47.8 Å². The molecule has 0 heterocycles. The molecular formula is C20H22FN3O3S. The second-order valence-electron chi connectivity index (χ2n) is 5.94. The molecule has 6 nitrogen and oxygen atoms in total. The normalized spacial score (nSPS) is 11.1. The highest BCUT2D eigenvalue weighted by Crippen LogP contribution is 2.15. The summed E-state index contributed by atoms with van der Waals surface area (Å²) < 4.78 is 18.1. The minimum atomic E-state index is -0.676. The van der Waals surface area contributed by atoms with E-state index in [1.54, 1.807) is 7.11 Å². The second kappa shape index (κ2) is 10.5. The maximum absolute atomic E-state index is 13.0. The molecule has 0 saturated carbocycles. The lowest BCUT2D eigenvalue weighted by atomic mass is 10.2. The van der Waals surface area contributed by atoms with Crippen LogP contribution in [0, 0.1) is 5.82 Å². The fourth-order valence-electron chi connectivity index (χ4n) is 2.44. The summed E-state index contributed by atoms with van der Waals surface area (Å²) in [6.45, 7) is 0.561. The molecule has 2 rings (SSSR count). The van der Waals surface area contributed by atoms with Gasteiger partial charge in [0.15, 0.2) is 5.17 Å². The highest BCUT2D eigenvalue weighted by atomic mass is 32.2. The Bertz CT molecular complexity index is 826. The topological polar surface area (TPSA) is 62.2 Å². The Morgan fingerprint density at radius 2 is 1.68 bits per heavy atom. The lowest BCUT2D eigenvalue weighted by molar-refractivity contribution is -0.115. The van der Waals surface area contributed by atoms with E-state index in [2.05, 4.69) is 4.99 Å². The first-order valence-electron chi connectivity index (χ1n) is 8.44. The van der Waals surface area contributed by atoms with E-state index in [1.165, 1.54) is 36.0 Å². The van der Waals surface area contributed by atoms with Crippen LogP contribution in [0.15, 0.2) is 53.5 Å². The van der Waals surface area contributed by atoms with Gasteiger partial charge in [-0.25, -0.2) is 9.18 Å². The van der Waals surface area contributed by atoms with Crippen LogP contribution >= 0.6 is 11.8 Å². The van der Waals surface area contributed by atoms with Gasteiger partial charge in [-0.1, -0.05) is 36.0 Å². The number of ether oxygens (including phenoxy) is 1. The molecule has 0 aliphatic rings. The maximum Gasteiger partial charge on any atom is 0.352 e. The number of carbonyl (C=O) groups excluding carboxylic acids is 2. The summed E-state index contributed by atoms with van der Waals surface area (Å²) in [6.07, 6.45) is 2.23. The first-order chi connectivity index (χ1) is 13.5. The van der Waals surface area contributed by atoms with Gasteiger partial charge in [0.1, 0.15) is 11.6 Å². The van der Waals surface area contributed by atoms with Crippen LogP contribution in [0.5, 0.6) is 5.75 Å². The molecule has 148 valence electrons. The zero-order valence-corrected chi connectivity index (χ0v) is 16.8. The van der Waals surface area contributed by atoms with E-state index >= 15 is 0 Å². The van der Waals surface area contributed by atoms with E-state index in [4.69, 9.17) is 4.74 Å². The highest BCUT2D eigenvalue weighted by Gasteiger charge is 2.16. The Morgan fingerprint density at radius 3 is 2.21 bits per heavy atom. The van der Waals surface area contributed by atoms with Crippen molar-refractivity contribution in [2.24, 2.45) is 4.99 Å². The standard InChI is InChI=1S/C20H22FN3O3S/c1-23(12-15-6-10-18(27-2)11-7-15)20(28-3)22-19(26)24(14-25)13-16-4-8-17(21)9-5-16/h4-11,14H,12-13H2,1-3H3. The third kappa shape index (κ3) is 6.09. The Labute approximate surface area is 168 Å². The molecule has 0 radical (unpaired) electrons. The van der Waals surface area contributed by atoms with Gasteiger partial charge in [0.2, 0.25) is 6.41 Å². The number of nitrogens with zero attached hydrogens (tertiary/aromatic N) is 3. The molecule has 0 fully saturated rings. The molecule has 0 N–H and O–H groups in total. The van der Waals surface area contributed by atoms with Crippen molar-refractivity contribution in [3.05, 3.63) is 65.5 Å². The Balaban J connectivity index is 2.07. The number of carbonyl (C=O) groups is 2. The molecule has 0 spiro atoms. The fraction of sp³-hybridized carbons (Fsp3) is 0.250. The van der Waals surface area contributed by atoms with Gasteiger partial charge in [-0.05, 0) is 41.6 Å². The van der Waals surface area contributed by atoms with Crippen molar-refractivity contribution in [1.29, 1.82) is 0 Å². The molecule has 28 heavy (non-hydrogen) atoms. The van der Waals surface area contributed by atoms with Crippen molar-refractivity contribution >= 4 is 29.4 Å². The fourth-order valence-corrected chi connectivity index (χ4v) is 2.99. The van der Waals surface area contributed by atoms with Gasteiger partial charge in [-0.3, -0.25) is 9.69 Å². The smallest absolute Gasteiger partial charge is 0.352 e. The first-order valence-corrected chi connectivity index (χ1v) is 9.66. The van der Waals surface area contributed by atoms with Gasteiger partial charge in [0.05, 0.1) is 13.7 Å². The van der Waals surface area contributed by atoms with E-state index < -0.39 is 6.03 Å². The monoisotopic (exact) mass is 403 g/mol. The predicted molar refractivity (Wildman–Crippen MR) is 109 cm³/mol. The van der Waals surface area contributed by atoms with Crippen LogP contribution in [0.1, 0.15) is 11.1 Å². The van der Waals surface area contributed by atoms with Gasteiger partial charge in [0, 0.05) is 13.6 Å². The van der Waals surface area contributed by atoms with Crippen molar-refractivity contribution in [3.63, 3.8) is 0 Å². The molecule has 0 unspecified atom stereocenters. The molecule has 0 atom stereocenters. The number of methoxy groups -OCH3 is 1. The molecule has 3 amide bonds. The molecule has 0 bridgehead atoms. The summed E-state index contributed by atoms with van der Waals surface area (Å²) in [6, 6.07) is 12.5. The van der Waals surface area contributed by atoms with Gasteiger partial charge >= 0.3 is 6.03 Å². The van der Waals surface area contributed by atoms with E-state index in [1.807, 2.05) is 42.5 Å². The Kier molecular flexibility index (Phi) is 8.01. The summed E-state index contributed by atoms with van der Waals surface area (Å²) in [5.41, 5.74) is 1.66. The maximum atomic E-state index is 13.0. The number of amides is 3. The van der Waals surface area contributed by atoms with Crippen LogP contribution in [0.3, 0.4) is 0 Å². The molecule has 8 heteroatoms. The lowest BCUT2D eigenvalue weighted by Crippen LogP contribution is -2.30. The summed E-state index contributed by atoms with van der Waals surface area (Å²) >= 11 is 1.31. The SMILES string of the molecule is COc1ccc(CN(C)C(=NC(=O)N(C=O)Cc2ccc(F)cc2)SC)cc1. The van der Waals surface area contributed by atoms with E-state index in [9.17, 15) is 14.0 Å². The highest BCUT2D eigenvalue weighted by molar-refractivity contribution is 8.13. The van der Waals surface area contributed by atoms with Crippen LogP contribution in [-0.2, 0) is 17.9 Å². The molecule has 2 aromatic rings. The number of urea groups is 1. The van der Waals surface area contributed by atoms with Crippen molar-refractivity contribution < 1.29 is 18.7 Å². The minimum absolute atomic E-state index is 0.0238. The van der Waals surface area contributed by atoms with Crippen LogP contribution in [0.4, 0.5) is 9.18 Å². The van der Waals surface area contributed by atoms with E-state index in [0.29, 0.717) is 23.7 Å². The van der Waals surface area contributed by atoms with Crippen LogP contribution in [0.2, 0.25) is 0 Å². The number of amidine groups is 1. The zero-order valence-electron chi connectivity index (χ0n) is 16.0. The number of imide groups is 1. The summed E-state index contributed by atoms with van der Waals surface area (Å²) in [4.78, 5) is 30.6. The van der Waals surface area contributed by atoms with Gasteiger partial charge in [0.25, 0.3) is 0 Å². The summed E-state index contributed by atoms with van der Waals surface area (Å²) in [5.74, 6) is 0.387. The predicted octanol–water partition coefficient (Wildman–Crippen LogP) is 3.76. The number of halogens is 1. The Hall–Kier alpha value is -2.87. The van der Waals surface area contributed by atoms with Crippen molar-refractivity contribution in [1.82, 2.24) is 9.80 Å². The van der Waals surface area contributed by atoms with Crippen molar-refractivity contribution in [2.75, 3.05) is 20.4 Å². The van der Waals surface area contributed by atoms with Gasteiger partial charge in [-0.2, -0.15) is 4.99 Å². The zero-order chi connectivity index (χ0) is 20.5. The molecule has 0 saturated heterocycles. The van der Waals surface area contributed by atoms with Gasteiger partial charge < -0.3 is 9.64 Å². The third-order valence-electron chi connectivity index (χ3n) is 3.92. The molecule has 2 aromatic carbocycles. The number of aliphatic imine (C=N–C) groups is 1. The number of hydrogen-bond acceptors (Lipinski definition) is 4. The molecule has 0 aliphatic carbocycles. The lowest BCUT2D eigenvalue weighted by Gasteiger charge is -2.21. The van der Waals surface area contributed by atoms with Crippen LogP contribution in [0.25, 0.3) is 0 Å². The van der Waals surface area contributed by atoms with Crippen LogP contribution < -0.4 is 4.74 Å². The van der Waals surface area contributed by atoms with E-state index in [-0.39, 0.29) is 12.4 Å². The Morgan fingerprint density at radius 1 is 1.11 bits per heavy atom. The largest absolute Gasteiger partial charge is 0.497 e. The van der Waals surface area contributed by atoms with Gasteiger partial charge in [-0.15, -0.1) is 0 Å².